The van der Waals surface area contributed by atoms with Gasteiger partial charge in [-0.15, -0.1) is 0 Å². The third-order valence-corrected chi connectivity index (χ3v) is 2.80. The summed E-state index contributed by atoms with van der Waals surface area (Å²) < 4.78 is 66.4. The van der Waals surface area contributed by atoms with Crippen LogP contribution in [-0.2, 0) is 4.79 Å². The van der Waals surface area contributed by atoms with Gasteiger partial charge in [0.25, 0.3) is 0 Å². The van der Waals surface area contributed by atoms with Crippen molar-refractivity contribution >= 4 is 5.97 Å². The fourth-order valence-corrected chi connectivity index (χ4v) is 1.75. The Morgan fingerprint density at radius 1 is 1.18 bits per heavy atom. The van der Waals surface area contributed by atoms with Crippen LogP contribution in [0.25, 0.3) is 0 Å². The van der Waals surface area contributed by atoms with Crippen LogP contribution in [0.15, 0.2) is 11.6 Å². The van der Waals surface area contributed by atoms with Crippen LogP contribution in [-0.4, -0.2) is 28.6 Å². The smallest absolute Gasteiger partial charge is 0.346 e. The lowest BCUT2D eigenvalue weighted by Gasteiger charge is -2.40. The number of carboxylic acid groups (broad SMARTS) is 1. The predicted octanol–water partition coefficient (Wildman–Crippen LogP) is 3.18. The number of halogens is 5. The summed E-state index contributed by atoms with van der Waals surface area (Å²) in [5, 5.41) is 8.46. The number of aliphatic carboxylic acids is 1. The molecule has 1 aliphatic rings. The second-order valence-corrected chi connectivity index (χ2v) is 4.13. The topological polar surface area (TPSA) is 37.3 Å². The third kappa shape index (κ3) is 2.14. The lowest BCUT2D eigenvalue weighted by Crippen LogP contribution is -2.58. The normalized spacial score (nSPS) is 32.2. The van der Waals surface area contributed by atoms with Gasteiger partial charge in [-0.25, -0.2) is 9.18 Å². The van der Waals surface area contributed by atoms with Crippen molar-refractivity contribution in [2.24, 2.45) is 0 Å². The zero-order chi connectivity index (χ0) is 13.5. The minimum Gasteiger partial charge on any atom is -0.478 e. The molecular weight excluding hydrogens is 247 g/mol. The van der Waals surface area contributed by atoms with Crippen molar-refractivity contribution in [3.8, 4) is 0 Å². The van der Waals surface area contributed by atoms with Crippen LogP contribution < -0.4 is 0 Å². The lowest BCUT2D eigenvalue weighted by molar-refractivity contribution is -0.279. The zero-order valence-electron chi connectivity index (χ0n) is 8.94. The summed E-state index contributed by atoms with van der Waals surface area (Å²) >= 11 is 0. The Balaban J connectivity index is 3.19. The van der Waals surface area contributed by atoms with E-state index in [1.807, 2.05) is 0 Å². The molecule has 7 heteroatoms. The fraction of sp³-hybridized carbons (Fsp3) is 0.700. The van der Waals surface area contributed by atoms with Gasteiger partial charge < -0.3 is 5.11 Å². The number of hydrogen-bond donors (Lipinski definition) is 1. The first-order valence-corrected chi connectivity index (χ1v) is 4.91. The van der Waals surface area contributed by atoms with Gasteiger partial charge in [0, 0.05) is 12.0 Å². The van der Waals surface area contributed by atoms with E-state index in [2.05, 4.69) is 0 Å². The fourth-order valence-electron chi connectivity index (χ4n) is 1.75. The molecule has 1 atom stereocenters. The van der Waals surface area contributed by atoms with Crippen LogP contribution in [0.4, 0.5) is 22.0 Å². The Kier molecular flexibility index (Phi) is 3.24. The Bertz CT molecular complexity index is 364. The standard InChI is InChI=1S/C10H11F5O2/c1-6(7(16)17)5-8(11)3-2-4-9(12,13)10(8,14)15/h5H,2-4H2,1H3,(H,16,17)/b6-5+. The highest BCUT2D eigenvalue weighted by molar-refractivity contribution is 5.86. The van der Waals surface area contributed by atoms with E-state index >= 15 is 0 Å². The molecule has 0 radical (unpaired) electrons. The maximum Gasteiger partial charge on any atom is 0.346 e. The van der Waals surface area contributed by atoms with Crippen molar-refractivity contribution in [2.75, 3.05) is 0 Å². The van der Waals surface area contributed by atoms with Gasteiger partial charge in [0.1, 0.15) is 0 Å². The summed E-state index contributed by atoms with van der Waals surface area (Å²) in [7, 11) is 0. The second kappa shape index (κ2) is 3.96. The molecule has 2 nitrogen and oxygen atoms in total. The van der Waals surface area contributed by atoms with Crippen LogP contribution >= 0.6 is 0 Å². The quantitative estimate of drug-likeness (QED) is 0.610. The van der Waals surface area contributed by atoms with Gasteiger partial charge in [-0.05, 0) is 25.8 Å². The van der Waals surface area contributed by atoms with E-state index in [-0.39, 0.29) is 6.08 Å². The molecule has 17 heavy (non-hydrogen) atoms. The van der Waals surface area contributed by atoms with Crippen molar-refractivity contribution in [3.05, 3.63) is 11.6 Å². The van der Waals surface area contributed by atoms with E-state index in [4.69, 9.17) is 5.11 Å². The van der Waals surface area contributed by atoms with E-state index in [1.165, 1.54) is 0 Å². The van der Waals surface area contributed by atoms with Crippen molar-refractivity contribution in [3.63, 3.8) is 0 Å². The minimum absolute atomic E-state index is 0.0857. The average molecular weight is 258 g/mol. The molecule has 1 aliphatic carbocycles. The summed E-state index contributed by atoms with van der Waals surface area (Å²) in [5.41, 5.74) is -4.33. The molecule has 0 aromatic carbocycles. The summed E-state index contributed by atoms with van der Waals surface area (Å²) in [6.45, 7) is 0.881. The van der Waals surface area contributed by atoms with Gasteiger partial charge in [0.2, 0.25) is 0 Å². The van der Waals surface area contributed by atoms with Gasteiger partial charge >= 0.3 is 17.8 Å². The molecule has 0 saturated heterocycles. The highest BCUT2D eigenvalue weighted by Crippen LogP contribution is 2.53. The predicted molar refractivity (Wildman–Crippen MR) is 49.0 cm³/mol. The summed E-state index contributed by atoms with van der Waals surface area (Å²) in [6, 6.07) is 0. The van der Waals surface area contributed by atoms with E-state index in [9.17, 15) is 26.7 Å². The molecule has 1 fully saturated rings. The summed E-state index contributed by atoms with van der Waals surface area (Å²) in [4.78, 5) is 10.4. The number of hydrogen-bond acceptors (Lipinski definition) is 1. The van der Waals surface area contributed by atoms with Gasteiger partial charge in [-0.2, -0.15) is 17.6 Å². The number of carboxylic acids is 1. The molecule has 1 rings (SSSR count). The molecule has 98 valence electrons. The van der Waals surface area contributed by atoms with E-state index in [1.54, 1.807) is 0 Å². The first-order chi connectivity index (χ1) is 7.53. The average Bonchev–Trinajstić information content (AvgIpc) is 2.14. The van der Waals surface area contributed by atoms with Crippen molar-refractivity contribution in [2.45, 2.75) is 43.7 Å². The molecule has 0 aliphatic heterocycles. The molecule has 0 aromatic rings. The molecular formula is C10H11F5O2. The highest BCUT2D eigenvalue weighted by atomic mass is 19.3. The molecule has 1 saturated carbocycles. The second-order valence-electron chi connectivity index (χ2n) is 4.13. The van der Waals surface area contributed by atoms with Crippen molar-refractivity contribution in [1.29, 1.82) is 0 Å². The van der Waals surface area contributed by atoms with E-state index in [0.717, 1.165) is 6.92 Å². The number of carbonyl (C=O) groups is 1. The lowest BCUT2D eigenvalue weighted by atomic mass is 9.79. The molecule has 0 bridgehead atoms. The maximum absolute atomic E-state index is 13.9. The van der Waals surface area contributed by atoms with Gasteiger partial charge in [0.05, 0.1) is 0 Å². The molecule has 0 aromatic heterocycles. The Labute approximate surface area is 94.1 Å². The Morgan fingerprint density at radius 2 is 1.71 bits per heavy atom. The van der Waals surface area contributed by atoms with Crippen LogP contribution in [0.1, 0.15) is 26.2 Å². The van der Waals surface area contributed by atoms with Gasteiger partial charge in [0.15, 0.2) is 5.67 Å². The third-order valence-electron chi connectivity index (χ3n) is 2.80. The first-order valence-electron chi connectivity index (χ1n) is 4.91. The SMILES string of the molecule is C/C(=C\C1(F)CCCC(F)(F)C1(F)F)C(=O)O. The van der Waals surface area contributed by atoms with Crippen molar-refractivity contribution in [1.82, 2.24) is 0 Å². The Morgan fingerprint density at radius 3 is 2.18 bits per heavy atom. The van der Waals surface area contributed by atoms with Crippen LogP contribution in [0, 0.1) is 0 Å². The maximum atomic E-state index is 13.9. The zero-order valence-corrected chi connectivity index (χ0v) is 8.94. The first kappa shape index (κ1) is 13.9. The van der Waals surface area contributed by atoms with Crippen LogP contribution in [0.2, 0.25) is 0 Å². The number of allylic oxidation sites excluding steroid dienone is 1. The van der Waals surface area contributed by atoms with Gasteiger partial charge in [-0.3, -0.25) is 0 Å². The molecule has 0 amide bonds. The van der Waals surface area contributed by atoms with Crippen LogP contribution in [0.5, 0.6) is 0 Å². The van der Waals surface area contributed by atoms with Crippen molar-refractivity contribution < 1.29 is 31.9 Å². The van der Waals surface area contributed by atoms with E-state index in [0.29, 0.717) is 0 Å². The minimum atomic E-state index is -4.89. The largest absolute Gasteiger partial charge is 0.478 e. The molecule has 1 unspecified atom stereocenters. The van der Waals surface area contributed by atoms with Gasteiger partial charge in [-0.1, -0.05) is 0 Å². The number of rotatable bonds is 2. The van der Waals surface area contributed by atoms with E-state index < -0.39 is 48.3 Å². The highest BCUT2D eigenvalue weighted by Gasteiger charge is 2.70. The monoisotopic (exact) mass is 258 g/mol. The molecule has 0 heterocycles. The number of alkyl halides is 5. The summed E-state index contributed by atoms with van der Waals surface area (Å²) in [5.74, 6) is -11.0. The molecule has 1 N–H and O–H groups in total. The summed E-state index contributed by atoms with van der Waals surface area (Å²) in [6.07, 6.45) is -2.27. The Hall–Kier alpha value is -1.14. The van der Waals surface area contributed by atoms with Crippen LogP contribution in [0.3, 0.4) is 0 Å². The molecule has 0 spiro atoms.